The van der Waals surface area contributed by atoms with Crippen molar-refractivity contribution in [1.29, 1.82) is 0 Å². The summed E-state index contributed by atoms with van der Waals surface area (Å²) in [7, 11) is -0.572. The largest absolute Gasteiger partial charge is 0.417 e. The number of hydrogen-bond acceptors (Lipinski definition) is 4. The lowest BCUT2D eigenvalue weighted by Crippen LogP contribution is -2.18. The van der Waals surface area contributed by atoms with E-state index < -0.39 is 26.7 Å². The third-order valence-corrected chi connectivity index (χ3v) is 6.77. The number of aromatic nitrogens is 1. The van der Waals surface area contributed by atoms with Gasteiger partial charge in [-0.25, -0.2) is 12.4 Å². The van der Waals surface area contributed by atoms with E-state index in [1.54, 1.807) is 11.4 Å². The van der Waals surface area contributed by atoms with Gasteiger partial charge in [-0.2, -0.15) is 13.2 Å². The Kier molecular flexibility index (Phi) is 4.89. The summed E-state index contributed by atoms with van der Waals surface area (Å²) < 4.78 is 66.9. The smallest absolute Gasteiger partial charge is 0.309 e. The molecule has 0 N–H and O–H groups in total. The highest BCUT2D eigenvalue weighted by Crippen LogP contribution is 2.37. The molecule has 0 bridgehead atoms. The first-order valence-corrected chi connectivity index (χ1v) is 10.1. The maximum atomic E-state index is 13.3. The minimum Gasteiger partial charge on any atom is -0.309 e. The molecule has 4 nitrogen and oxygen atoms in total. The molecule has 0 atom stereocenters. The van der Waals surface area contributed by atoms with E-state index in [9.17, 15) is 21.6 Å². The lowest BCUT2D eigenvalue weighted by Gasteiger charge is -2.14. The van der Waals surface area contributed by atoms with Crippen LogP contribution in [-0.4, -0.2) is 37.9 Å². The molecule has 0 unspecified atom stereocenters. The zero-order valence-corrected chi connectivity index (χ0v) is 15.7. The molecule has 2 aromatic heterocycles. The number of alkyl halides is 3. The Labute approximate surface area is 153 Å². The molecule has 3 rings (SSSR count). The van der Waals surface area contributed by atoms with Crippen LogP contribution < -0.4 is 0 Å². The molecule has 0 radical (unpaired) electrons. The van der Waals surface area contributed by atoms with Crippen molar-refractivity contribution in [2.24, 2.45) is 0 Å². The quantitative estimate of drug-likeness (QED) is 0.646. The average Bonchev–Trinajstić information content (AvgIpc) is 3.14. The van der Waals surface area contributed by atoms with E-state index in [1.807, 2.05) is 19.0 Å². The Balaban J connectivity index is 2.17. The predicted molar refractivity (Wildman–Crippen MR) is 96.1 cm³/mol. The molecule has 1 aromatic carbocycles. The van der Waals surface area contributed by atoms with Gasteiger partial charge in [0.2, 0.25) is 0 Å². The van der Waals surface area contributed by atoms with E-state index in [2.05, 4.69) is 0 Å². The van der Waals surface area contributed by atoms with Crippen molar-refractivity contribution in [2.45, 2.75) is 17.5 Å². The Hall–Kier alpha value is -1.84. The van der Waals surface area contributed by atoms with E-state index in [4.69, 9.17) is 0 Å². The zero-order valence-electron chi connectivity index (χ0n) is 14.1. The fraction of sp³-hybridized carbons (Fsp3) is 0.294. The third-order valence-electron chi connectivity index (χ3n) is 4.02. The summed E-state index contributed by atoms with van der Waals surface area (Å²) in [6.07, 6.45) is -2.71. The van der Waals surface area contributed by atoms with Gasteiger partial charge in [-0.15, -0.1) is 11.3 Å². The van der Waals surface area contributed by atoms with Crippen LogP contribution >= 0.6 is 11.3 Å². The molecular weight excluding hydrogens is 385 g/mol. The number of rotatable bonds is 5. The predicted octanol–water partition coefficient (Wildman–Crippen LogP) is 4.06. The van der Waals surface area contributed by atoms with Crippen LogP contribution in [0.2, 0.25) is 0 Å². The number of benzene rings is 1. The summed E-state index contributed by atoms with van der Waals surface area (Å²) in [5.41, 5.74) is -0.365. The highest BCUT2D eigenvalue weighted by molar-refractivity contribution is 7.90. The summed E-state index contributed by atoms with van der Waals surface area (Å²) in [6.45, 7) is 0.703. The summed E-state index contributed by atoms with van der Waals surface area (Å²) in [5.74, 6) is 0. The van der Waals surface area contributed by atoms with Gasteiger partial charge in [0.15, 0.2) is 0 Å². The lowest BCUT2D eigenvalue weighted by atomic mass is 10.2. The molecule has 2 heterocycles. The van der Waals surface area contributed by atoms with Gasteiger partial charge < -0.3 is 4.90 Å². The highest BCUT2D eigenvalue weighted by atomic mass is 32.2. The van der Waals surface area contributed by atoms with E-state index in [0.29, 0.717) is 17.8 Å². The molecule has 0 saturated carbocycles. The Bertz CT molecular complexity index is 1030. The normalized spacial score (nSPS) is 13.0. The second-order valence-electron chi connectivity index (χ2n) is 6.14. The molecule has 9 heteroatoms. The van der Waals surface area contributed by atoms with Crippen molar-refractivity contribution in [1.82, 2.24) is 8.87 Å². The van der Waals surface area contributed by atoms with E-state index in [-0.39, 0.29) is 0 Å². The molecule has 0 aliphatic heterocycles. The molecule has 26 heavy (non-hydrogen) atoms. The highest BCUT2D eigenvalue weighted by Gasteiger charge is 2.38. The first kappa shape index (κ1) is 18.9. The van der Waals surface area contributed by atoms with Crippen LogP contribution in [0.4, 0.5) is 13.2 Å². The molecule has 0 aliphatic carbocycles. The van der Waals surface area contributed by atoms with Crippen molar-refractivity contribution in [3.05, 3.63) is 53.0 Å². The molecular formula is C17H17F3N2O2S2. The van der Waals surface area contributed by atoms with Crippen molar-refractivity contribution < 1.29 is 21.6 Å². The minimum atomic E-state index is -4.75. The first-order valence-electron chi connectivity index (χ1n) is 7.76. The van der Waals surface area contributed by atoms with E-state index in [1.165, 1.54) is 29.7 Å². The van der Waals surface area contributed by atoms with Crippen LogP contribution in [0.1, 0.15) is 11.1 Å². The number of halogens is 3. The van der Waals surface area contributed by atoms with Gasteiger partial charge in [0, 0.05) is 18.1 Å². The number of hydrogen-bond donors (Lipinski definition) is 0. The van der Waals surface area contributed by atoms with Crippen molar-refractivity contribution in [3.8, 4) is 0 Å². The van der Waals surface area contributed by atoms with Gasteiger partial charge in [-0.05, 0) is 49.7 Å². The second kappa shape index (κ2) is 6.71. The Morgan fingerprint density at radius 1 is 1.15 bits per heavy atom. The summed E-state index contributed by atoms with van der Waals surface area (Å²) in [6, 6.07) is 6.06. The molecule has 0 spiro atoms. The van der Waals surface area contributed by atoms with Crippen LogP contribution in [0.5, 0.6) is 0 Å². The second-order valence-corrected chi connectivity index (χ2v) is 8.82. The summed E-state index contributed by atoms with van der Waals surface area (Å²) in [5, 5.41) is 2.50. The van der Waals surface area contributed by atoms with Crippen molar-refractivity contribution in [3.63, 3.8) is 0 Å². The fourth-order valence-electron chi connectivity index (χ4n) is 2.74. The average molecular weight is 402 g/mol. The van der Waals surface area contributed by atoms with Crippen LogP contribution in [-0.2, 0) is 22.6 Å². The fourth-order valence-corrected chi connectivity index (χ4v) is 5.49. The Morgan fingerprint density at radius 3 is 2.50 bits per heavy atom. The molecule has 0 fully saturated rings. The molecule has 0 amide bonds. The standard InChI is InChI=1S/C17H17F3N2O2S2/c1-21(2)9-7-12-11-22(16-13(12)8-10-25-16)26(23,24)15-6-4-3-5-14(15)17(18,19)20/h3-6,8,10-11H,7,9H2,1-2H3. The molecule has 0 saturated heterocycles. The maximum absolute atomic E-state index is 13.3. The summed E-state index contributed by atoms with van der Waals surface area (Å²) >= 11 is 1.19. The monoisotopic (exact) mass is 402 g/mol. The van der Waals surface area contributed by atoms with Gasteiger partial charge in [0.25, 0.3) is 10.0 Å². The van der Waals surface area contributed by atoms with Crippen LogP contribution in [0.15, 0.2) is 46.8 Å². The number of thiophene rings is 1. The van der Waals surface area contributed by atoms with Gasteiger partial charge in [0.05, 0.1) is 5.56 Å². The summed E-state index contributed by atoms with van der Waals surface area (Å²) in [4.78, 5) is 1.65. The minimum absolute atomic E-state index is 0.427. The van der Waals surface area contributed by atoms with Gasteiger partial charge in [-0.3, -0.25) is 0 Å². The van der Waals surface area contributed by atoms with E-state index >= 15 is 0 Å². The molecule has 140 valence electrons. The SMILES string of the molecule is CN(C)CCc1cn(S(=O)(=O)c2ccccc2C(F)(F)F)c2sccc12. The van der Waals surface area contributed by atoms with Crippen LogP contribution in [0, 0.1) is 0 Å². The molecule has 3 aromatic rings. The third kappa shape index (κ3) is 3.38. The first-order chi connectivity index (χ1) is 12.1. The zero-order chi connectivity index (χ0) is 19.1. The van der Waals surface area contributed by atoms with Crippen LogP contribution in [0.25, 0.3) is 10.2 Å². The van der Waals surface area contributed by atoms with Gasteiger partial charge >= 0.3 is 6.18 Å². The number of fused-ring (bicyclic) bond motifs is 1. The van der Waals surface area contributed by atoms with Crippen molar-refractivity contribution >= 4 is 31.6 Å². The topological polar surface area (TPSA) is 42.3 Å². The Morgan fingerprint density at radius 2 is 1.85 bits per heavy atom. The lowest BCUT2D eigenvalue weighted by molar-refractivity contribution is -0.139. The van der Waals surface area contributed by atoms with E-state index in [0.717, 1.165) is 27.1 Å². The van der Waals surface area contributed by atoms with Gasteiger partial charge in [0.1, 0.15) is 9.73 Å². The number of nitrogens with zero attached hydrogens (tertiary/aromatic N) is 2. The van der Waals surface area contributed by atoms with Crippen molar-refractivity contribution in [2.75, 3.05) is 20.6 Å². The van der Waals surface area contributed by atoms with Crippen LogP contribution in [0.3, 0.4) is 0 Å². The molecule has 0 aliphatic rings. The number of likely N-dealkylation sites (N-methyl/N-ethyl adjacent to an activating group) is 1. The van der Waals surface area contributed by atoms with Gasteiger partial charge in [-0.1, -0.05) is 12.1 Å². The maximum Gasteiger partial charge on any atom is 0.417 e.